The summed E-state index contributed by atoms with van der Waals surface area (Å²) in [7, 11) is 1.62. The minimum atomic E-state index is -0.197. The lowest BCUT2D eigenvalue weighted by molar-refractivity contribution is -0.118. The molecular weight excluding hydrogens is 422 g/mol. The van der Waals surface area contributed by atoms with Gasteiger partial charge in [0.05, 0.1) is 19.1 Å². The number of rotatable bonds is 14. The molecule has 32 heavy (non-hydrogen) atoms. The van der Waals surface area contributed by atoms with Crippen molar-refractivity contribution in [3.63, 3.8) is 0 Å². The lowest BCUT2D eigenvalue weighted by atomic mass is 10.2. The van der Waals surface area contributed by atoms with Gasteiger partial charge in [-0.25, -0.2) is 15.4 Å². The molecule has 7 nitrogen and oxygen atoms in total. The van der Waals surface area contributed by atoms with Crippen molar-refractivity contribution in [2.75, 3.05) is 30.9 Å². The van der Waals surface area contributed by atoms with E-state index in [-0.39, 0.29) is 11.7 Å². The van der Waals surface area contributed by atoms with E-state index in [1.54, 1.807) is 13.3 Å². The molecule has 0 aliphatic heterocycles. The lowest BCUT2D eigenvalue weighted by Gasteiger charge is -2.24. The predicted octanol–water partition coefficient (Wildman–Crippen LogP) is 4.83. The Bertz CT molecular complexity index is 858. The maximum absolute atomic E-state index is 12.2. The van der Waals surface area contributed by atoms with Crippen LogP contribution in [-0.2, 0) is 4.79 Å². The van der Waals surface area contributed by atoms with Gasteiger partial charge in [-0.05, 0) is 49.6 Å². The second-order valence-electron chi connectivity index (χ2n) is 7.55. The zero-order valence-corrected chi connectivity index (χ0v) is 20.5. The average molecular weight is 458 g/mol. The Morgan fingerprint density at radius 1 is 1.12 bits per heavy atom. The van der Waals surface area contributed by atoms with Crippen molar-refractivity contribution in [2.45, 2.75) is 58.0 Å². The summed E-state index contributed by atoms with van der Waals surface area (Å²) in [6, 6.07) is 9.46. The number of amides is 1. The van der Waals surface area contributed by atoms with Gasteiger partial charge < -0.3 is 9.64 Å². The van der Waals surface area contributed by atoms with Crippen LogP contribution in [-0.4, -0.2) is 48.0 Å². The van der Waals surface area contributed by atoms with Crippen LogP contribution in [0.5, 0.6) is 5.75 Å². The molecule has 0 saturated heterocycles. The number of hydrazone groups is 1. The fourth-order valence-corrected chi connectivity index (χ4v) is 3.72. The number of carbonyl (C=O) groups excluding carboxylic acids is 1. The Kier molecular flexibility index (Phi) is 11.6. The maximum atomic E-state index is 12.2. The Morgan fingerprint density at radius 2 is 1.84 bits per heavy atom. The molecule has 0 unspecified atom stereocenters. The number of methoxy groups -OCH3 is 1. The molecule has 0 radical (unpaired) electrons. The summed E-state index contributed by atoms with van der Waals surface area (Å²) in [6.07, 6.45) is 7.44. The highest BCUT2D eigenvalue weighted by atomic mass is 32.2. The first-order chi connectivity index (χ1) is 15.5. The highest BCUT2D eigenvalue weighted by molar-refractivity contribution is 7.99. The van der Waals surface area contributed by atoms with E-state index >= 15 is 0 Å². The molecule has 8 heteroatoms. The van der Waals surface area contributed by atoms with Gasteiger partial charge >= 0.3 is 0 Å². The van der Waals surface area contributed by atoms with Crippen LogP contribution in [0.1, 0.15) is 57.2 Å². The zero-order chi connectivity index (χ0) is 23.2. The Hall–Kier alpha value is -2.61. The number of aryl methyl sites for hydroxylation is 1. The summed E-state index contributed by atoms with van der Waals surface area (Å²) < 4.78 is 5.13. The molecular formula is C24H35N5O2S. The van der Waals surface area contributed by atoms with Crippen LogP contribution in [0.4, 0.5) is 5.82 Å². The number of carbonyl (C=O) groups is 1. The number of hydrogen-bond acceptors (Lipinski definition) is 7. The molecule has 0 fully saturated rings. The standard InChI is InChI=1S/C24H35N5O2S/c1-5-7-9-15-29(14-8-6-2)22-16-19(3)26-24(27-22)32-18-23(30)28-25-17-20-10-12-21(31-4)13-11-20/h10-13,16-17H,5-9,14-15,18H2,1-4H3,(H,28,30). The quantitative estimate of drug-likeness (QED) is 0.144. The first kappa shape index (κ1) is 25.6. The van der Waals surface area contributed by atoms with Gasteiger partial charge in [-0.1, -0.05) is 44.9 Å². The summed E-state index contributed by atoms with van der Waals surface area (Å²) in [6.45, 7) is 8.37. The number of nitrogens with zero attached hydrogens (tertiary/aromatic N) is 4. The lowest BCUT2D eigenvalue weighted by Crippen LogP contribution is -2.27. The van der Waals surface area contributed by atoms with Gasteiger partial charge in [-0.2, -0.15) is 5.10 Å². The molecule has 0 bridgehead atoms. The SMILES string of the molecule is CCCCCN(CCCC)c1cc(C)nc(SCC(=O)NN=Cc2ccc(OC)cc2)n1. The van der Waals surface area contributed by atoms with Crippen LogP contribution >= 0.6 is 11.8 Å². The van der Waals surface area contributed by atoms with Crippen LogP contribution in [0.15, 0.2) is 40.6 Å². The van der Waals surface area contributed by atoms with Crippen molar-refractivity contribution in [3.8, 4) is 5.75 Å². The highest BCUT2D eigenvalue weighted by Gasteiger charge is 2.12. The minimum absolute atomic E-state index is 0.197. The van der Waals surface area contributed by atoms with E-state index in [1.807, 2.05) is 37.3 Å². The summed E-state index contributed by atoms with van der Waals surface area (Å²) in [5.74, 6) is 1.73. The first-order valence-electron chi connectivity index (χ1n) is 11.2. The number of benzene rings is 1. The normalized spacial score (nSPS) is 11.0. The summed E-state index contributed by atoms with van der Waals surface area (Å²) >= 11 is 1.33. The molecule has 0 spiro atoms. The number of thioether (sulfide) groups is 1. The minimum Gasteiger partial charge on any atom is -0.497 e. The van der Waals surface area contributed by atoms with Gasteiger partial charge in [0.1, 0.15) is 11.6 Å². The Labute approximate surface area is 196 Å². The molecule has 0 atom stereocenters. The molecule has 1 heterocycles. The van der Waals surface area contributed by atoms with Crippen molar-refractivity contribution >= 4 is 29.7 Å². The van der Waals surface area contributed by atoms with E-state index in [0.29, 0.717) is 5.16 Å². The van der Waals surface area contributed by atoms with E-state index < -0.39 is 0 Å². The van der Waals surface area contributed by atoms with Gasteiger partial charge in [0.15, 0.2) is 5.16 Å². The van der Waals surface area contributed by atoms with Gasteiger partial charge in [-0.3, -0.25) is 4.79 Å². The van der Waals surface area contributed by atoms with Crippen LogP contribution in [0.25, 0.3) is 0 Å². The fraction of sp³-hybridized carbons (Fsp3) is 0.500. The second-order valence-corrected chi connectivity index (χ2v) is 8.50. The van der Waals surface area contributed by atoms with E-state index in [1.165, 1.54) is 24.6 Å². The molecule has 0 saturated carbocycles. The molecule has 2 aromatic rings. The van der Waals surface area contributed by atoms with E-state index in [2.05, 4.69) is 34.3 Å². The molecule has 1 N–H and O–H groups in total. The van der Waals surface area contributed by atoms with Gasteiger partial charge in [-0.15, -0.1) is 0 Å². The number of nitrogens with one attached hydrogen (secondary N) is 1. The maximum Gasteiger partial charge on any atom is 0.250 e. The van der Waals surface area contributed by atoms with E-state index in [4.69, 9.17) is 9.72 Å². The highest BCUT2D eigenvalue weighted by Crippen LogP contribution is 2.20. The summed E-state index contributed by atoms with van der Waals surface area (Å²) in [5.41, 5.74) is 4.34. The third kappa shape index (κ3) is 9.26. The fourth-order valence-electron chi connectivity index (χ4n) is 3.03. The van der Waals surface area contributed by atoms with E-state index in [9.17, 15) is 4.79 Å². The van der Waals surface area contributed by atoms with Crippen molar-refractivity contribution in [3.05, 3.63) is 41.6 Å². The molecule has 1 amide bonds. The second kappa shape index (κ2) is 14.5. The topological polar surface area (TPSA) is 79.7 Å². The molecule has 0 aliphatic carbocycles. The molecule has 1 aromatic heterocycles. The first-order valence-corrected chi connectivity index (χ1v) is 12.2. The molecule has 2 rings (SSSR count). The van der Waals surface area contributed by atoms with Crippen molar-refractivity contribution in [1.82, 2.24) is 15.4 Å². The van der Waals surface area contributed by atoms with Gasteiger partial charge in [0.2, 0.25) is 0 Å². The molecule has 174 valence electrons. The average Bonchev–Trinajstić information content (AvgIpc) is 2.80. The van der Waals surface area contributed by atoms with Crippen LogP contribution in [0, 0.1) is 6.92 Å². The zero-order valence-electron chi connectivity index (χ0n) is 19.6. The molecule has 0 aliphatic rings. The van der Waals surface area contributed by atoms with Gasteiger partial charge in [0.25, 0.3) is 5.91 Å². The molecule has 1 aromatic carbocycles. The predicted molar refractivity (Wildman–Crippen MR) is 133 cm³/mol. The largest absolute Gasteiger partial charge is 0.497 e. The summed E-state index contributed by atoms with van der Waals surface area (Å²) in [5, 5.41) is 4.64. The van der Waals surface area contributed by atoms with Crippen LogP contribution in [0.3, 0.4) is 0 Å². The van der Waals surface area contributed by atoms with Gasteiger partial charge in [0, 0.05) is 24.8 Å². The van der Waals surface area contributed by atoms with Crippen molar-refractivity contribution in [1.29, 1.82) is 0 Å². The number of aromatic nitrogens is 2. The van der Waals surface area contributed by atoms with Crippen molar-refractivity contribution in [2.24, 2.45) is 5.10 Å². The van der Waals surface area contributed by atoms with E-state index in [0.717, 1.165) is 55.2 Å². The third-order valence-electron chi connectivity index (χ3n) is 4.81. The number of ether oxygens (including phenoxy) is 1. The smallest absolute Gasteiger partial charge is 0.250 e. The van der Waals surface area contributed by atoms with Crippen LogP contribution in [0.2, 0.25) is 0 Å². The number of hydrogen-bond donors (Lipinski definition) is 1. The third-order valence-corrected chi connectivity index (χ3v) is 5.66. The monoisotopic (exact) mass is 457 g/mol. The Balaban J connectivity index is 1.92. The number of anilines is 1. The number of unbranched alkanes of at least 4 members (excludes halogenated alkanes) is 3. The van der Waals surface area contributed by atoms with Crippen LogP contribution < -0.4 is 15.1 Å². The van der Waals surface area contributed by atoms with Crippen molar-refractivity contribution < 1.29 is 9.53 Å². The summed E-state index contributed by atoms with van der Waals surface area (Å²) in [4.78, 5) is 23.8. The Morgan fingerprint density at radius 3 is 2.53 bits per heavy atom.